The number of rotatable bonds is 3. The maximum absolute atomic E-state index is 12.0. The van der Waals surface area contributed by atoms with Crippen molar-refractivity contribution in [3.05, 3.63) is 76.4 Å². The monoisotopic (exact) mass is 341 g/mol. The predicted molar refractivity (Wildman–Crippen MR) is 89.3 cm³/mol. The van der Waals surface area contributed by atoms with Gasteiger partial charge in [-0.2, -0.15) is 0 Å². The molecule has 2 aromatic rings. The van der Waals surface area contributed by atoms with Crippen LogP contribution in [-0.4, -0.2) is 5.78 Å². The van der Waals surface area contributed by atoms with Crippen molar-refractivity contribution in [3.63, 3.8) is 0 Å². The summed E-state index contributed by atoms with van der Waals surface area (Å²) in [6.45, 7) is 0. The van der Waals surface area contributed by atoms with Gasteiger partial charge in [-0.05, 0) is 42.2 Å². The molecule has 3 rings (SSSR count). The fourth-order valence-electron chi connectivity index (χ4n) is 2.66. The molecule has 0 unspecified atom stereocenters. The summed E-state index contributed by atoms with van der Waals surface area (Å²) in [4.78, 5) is 12.0. The van der Waals surface area contributed by atoms with E-state index in [0.29, 0.717) is 6.42 Å². The molecule has 1 aliphatic carbocycles. The van der Waals surface area contributed by atoms with Crippen LogP contribution in [0.4, 0.5) is 5.69 Å². The SMILES string of the molecule is O=C1C=C(Nc2ccc(Br)cc2)C[C@@H](c2ccccc2)C1. The van der Waals surface area contributed by atoms with Crippen LogP contribution in [0.25, 0.3) is 0 Å². The van der Waals surface area contributed by atoms with E-state index in [4.69, 9.17) is 0 Å². The number of ketones is 1. The highest BCUT2D eigenvalue weighted by molar-refractivity contribution is 9.10. The number of benzene rings is 2. The van der Waals surface area contributed by atoms with Gasteiger partial charge in [0.1, 0.15) is 0 Å². The van der Waals surface area contributed by atoms with Crippen LogP contribution in [0.2, 0.25) is 0 Å². The van der Waals surface area contributed by atoms with Gasteiger partial charge >= 0.3 is 0 Å². The van der Waals surface area contributed by atoms with E-state index in [1.807, 2.05) is 42.5 Å². The molecule has 0 fully saturated rings. The molecule has 0 amide bonds. The fraction of sp³-hybridized carbons (Fsp3) is 0.167. The van der Waals surface area contributed by atoms with Crippen LogP contribution in [0, 0.1) is 0 Å². The van der Waals surface area contributed by atoms with Crippen molar-refractivity contribution in [2.45, 2.75) is 18.8 Å². The molecular formula is C18H16BrNO. The lowest BCUT2D eigenvalue weighted by molar-refractivity contribution is -0.115. The third-order valence-electron chi connectivity index (χ3n) is 3.67. The first-order valence-corrected chi connectivity index (χ1v) is 7.81. The van der Waals surface area contributed by atoms with E-state index in [0.717, 1.165) is 22.3 Å². The minimum absolute atomic E-state index is 0.190. The van der Waals surface area contributed by atoms with Crippen molar-refractivity contribution < 1.29 is 4.79 Å². The summed E-state index contributed by atoms with van der Waals surface area (Å²) in [6.07, 6.45) is 3.20. The normalized spacial score (nSPS) is 18.2. The van der Waals surface area contributed by atoms with E-state index >= 15 is 0 Å². The van der Waals surface area contributed by atoms with Gasteiger partial charge in [0, 0.05) is 28.4 Å². The van der Waals surface area contributed by atoms with E-state index in [1.165, 1.54) is 5.56 Å². The van der Waals surface area contributed by atoms with E-state index in [-0.39, 0.29) is 11.7 Å². The third kappa shape index (κ3) is 3.61. The molecule has 106 valence electrons. The minimum Gasteiger partial charge on any atom is -0.359 e. The lowest BCUT2D eigenvalue weighted by Crippen LogP contribution is -2.16. The van der Waals surface area contributed by atoms with Gasteiger partial charge in [-0.3, -0.25) is 4.79 Å². The Labute approximate surface area is 133 Å². The number of carbonyl (C=O) groups is 1. The topological polar surface area (TPSA) is 29.1 Å². The highest BCUT2D eigenvalue weighted by Crippen LogP contribution is 2.31. The molecule has 0 saturated heterocycles. The van der Waals surface area contributed by atoms with Crippen LogP contribution in [0.1, 0.15) is 24.3 Å². The minimum atomic E-state index is 0.190. The number of hydrogen-bond acceptors (Lipinski definition) is 2. The van der Waals surface area contributed by atoms with Gasteiger partial charge in [-0.15, -0.1) is 0 Å². The maximum Gasteiger partial charge on any atom is 0.158 e. The molecule has 3 heteroatoms. The molecule has 21 heavy (non-hydrogen) atoms. The average molecular weight is 342 g/mol. The molecule has 0 aromatic heterocycles. The molecule has 0 spiro atoms. The molecule has 0 heterocycles. The van der Waals surface area contributed by atoms with Crippen molar-refractivity contribution in [2.24, 2.45) is 0 Å². The van der Waals surface area contributed by atoms with E-state index in [1.54, 1.807) is 6.08 Å². The number of hydrogen-bond donors (Lipinski definition) is 1. The molecule has 0 radical (unpaired) electrons. The van der Waals surface area contributed by atoms with Crippen molar-refractivity contribution in [1.82, 2.24) is 0 Å². The summed E-state index contributed by atoms with van der Waals surface area (Å²) in [7, 11) is 0. The molecule has 0 bridgehead atoms. The second-order valence-electron chi connectivity index (χ2n) is 5.28. The standard InChI is InChI=1S/C18H16BrNO/c19-15-6-8-16(9-7-15)20-17-10-14(11-18(21)12-17)13-4-2-1-3-5-13/h1-9,12,14,20H,10-11H2/t14-/m1/s1. The van der Waals surface area contributed by atoms with Crippen LogP contribution in [0.3, 0.4) is 0 Å². The number of allylic oxidation sites excluding steroid dienone is 2. The van der Waals surface area contributed by atoms with E-state index in [9.17, 15) is 4.79 Å². The van der Waals surface area contributed by atoms with Crippen molar-refractivity contribution in [1.29, 1.82) is 0 Å². The highest BCUT2D eigenvalue weighted by Gasteiger charge is 2.22. The highest BCUT2D eigenvalue weighted by atomic mass is 79.9. The number of anilines is 1. The summed E-state index contributed by atoms with van der Waals surface area (Å²) in [6, 6.07) is 18.2. The Morgan fingerprint density at radius 3 is 2.38 bits per heavy atom. The van der Waals surface area contributed by atoms with Crippen molar-refractivity contribution >= 4 is 27.4 Å². The Morgan fingerprint density at radius 1 is 0.952 bits per heavy atom. The quantitative estimate of drug-likeness (QED) is 0.860. The number of carbonyl (C=O) groups excluding carboxylic acids is 1. The Bertz CT molecular complexity index is 661. The van der Waals surface area contributed by atoms with Gasteiger partial charge in [-0.1, -0.05) is 46.3 Å². The molecule has 1 atom stereocenters. The molecular weight excluding hydrogens is 326 g/mol. The van der Waals surface area contributed by atoms with Crippen LogP contribution >= 0.6 is 15.9 Å². The zero-order chi connectivity index (χ0) is 14.7. The molecule has 1 aliphatic rings. The zero-order valence-electron chi connectivity index (χ0n) is 11.6. The van der Waals surface area contributed by atoms with E-state index in [2.05, 4.69) is 33.4 Å². The lowest BCUT2D eigenvalue weighted by atomic mass is 9.85. The summed E-state index contributed by atoms with van der Waals surface area (Å²) in [5, 5.41) is 3.36. The Balaban J connectivity index is 1.76. The lowest BCUT2D eigenvalue weighted by Gasteiger charge is -2.23. The summed E-state index contributed by atoms with van der Waals surface area (Å²) in [5.41, 5.74) is 3.22. The summed E-state index contributed by atoms with van der Waals surface area (Å²) < 4.78 is 1.05. The molecule has 1 N–H and O–H groups in total. The average Bonchev–Trinajstić information content (AvgIpc) is 2.50. The zero-order valence-corrected chi connectivity index (χ0v) is 13.1. The Hall–Kier alpha value is -1.87. The Kier molecular flexibility index (Phi) is 4.20. The number of nitrogens with one attached hydrogen (secondary N) is 1. The van der Waals surface area contributed by atoms with E-state index < -0.39 is 0 Å². The first-order valence-electron chi connectivity index (χ1n) is 7.01. The molecule has 0 saturated carbocycles. The second kappa shape index (κ2) is 6.27. The summed E-state index contributed by atoms with van der Waals surface area (Å²) >= 11 is 3.42. The van der Waals surface area contributed by atoms with Gasteiger partial charge < -0.3 is 5.32 Å². The maximum atomic E-state index is 12.0. The summed E-state index contributed by atoms with van der Waals surface area (Å²) in [5.74, 6) is 0.455. The first kappa shape index (κ1) is 14.1. The van der Waals surface area contributed by atoms with Crippen molar-refractivity contribution in [2.75, 3.05) is 5.32 Å². The smallest absolute Gasteiger partial charge is 0.158 e. The predicted octanol–water partition coefficient (Wildman–Crippen LogP) is 4.89. The van der Waals surface area contributed by atoms with Crippen LogP contribution in [0.5, 0.6) is 0 Å². The molecule has 2 aromatic carbocycles. The second-order valence-corrected chi connectivity index (χ2v) is 6.20. The van der Waals surface area contributed by atoms with Crippen LogP contribution < -0.4 is 5.32 Å². The largest absolute Gasteiger partial charge is 0.359 e. The molecule has 2 nitrogen and oxygen atoms in total. The van der Waals surface area contributed by atoms with Crippen molar-refractivity contribution in [3.8, 4) is 0 Å². The Morgan fingerprint density at radius 2 is 1.67 bits per heavy atom. The van der Waals surface area contributed by atoms with Gasteiger partial charge in [0.25, 0.3) is 0 Å². The van der Waals surface area contributed by atoms with Gasteiger partial charge in [0.05, 0.1) is 0 Å². The van der Waals surface area contributed by atoms with Gasteiger partial charge in [0.2, 0.25) is 0 Å². The third-order valence-corrected chi connectivity index (χ3v) is 4.20. The molecule has 0 aliphatic heterocycles. The fourth-order valence-corrected chi connectivity index (χ4v) is 2.92. The van der Waals surface area contributed by atoms with Crippen LogP contribution in [0.15, 0.2) is 70.8 Å². The van der Waals surface area contributed by atoms with Crippen LogP contribution in [-0.2, 0) is 4.79 Å². The first-order chi connectivity index (χ1) is 10.2. The van der Waals surface area contributed by atoms with Gasteiger partial charge in [-0.25, -0.2) is 0 Å². The number of halogens is 1. The van der Waals surface area contributed by atoms with Gasteiger partial charge in [0.15, 0.2) is 5.78 Å².